The van der Waals surface area contributed by atoms with Crippen LogP contribution in [-0.2, 0) is 4.79 Å². The molecule has 3 heterocycles. The maximum atomic E-state index is 12.5. The van der Waals surface area contributed by atoms with Crippen LogP contribution in [0.25, 0.3) is 0 Å². The SMILES string of the molecule is Cc1ccc(N2CC(c3nnc(NC(=O)c4cccs4)s3)CC2=O)cc1C. The molecule has 2 aromatic heterocycles. The van der Waals surface area contributed by atoms with Gasteiger partial charge in [-0.3, -0.25) is 14.9 Å². The van der Waals surface area contributed by atoms with Gasteiger partial charge in [0.1, 0.15) is 5.01 Å². The molecule has 1 N–H and O–H groups in total. The third-order valence-corrected chi connectivity index (χ3v) is 6.55. The summed E-state index contributed by atoms with van der Waals surface area (Å²) in [6.45, 7) is 4.68. The molecule has 1 aromatic carbocycles. The molecule has 1 atom stereocenters. The number of rotatable bonds is 4. The van der Waals surface area contributed by atoms with Crippen LogP contribution in [0.5, 0.6) is 0 Å². The van der Waals surface area contributed by atoms with E-state index >= 15 is 0 Å². The first-order chi connectivity index (χ1) is 13.0. The second kappa shape index (κ2) is 7.21. The molecule has 0 radical (unpaired) electrons. The standard InChI is InChI=1S/C19H18N4O2S2/c1-11-5-6-14(8-12(11)2)23-10-13(9-16(23)24)18-21-22-19(27-18)20-17(25)15-4-3-7-26-15/h3-8,13H,9-10H2,1-2H3,(H,20,22,25). The molecule has 0 saturated carbocycles. The Balaban J connectivity index is 1.47. The maximum Gasteiger partial charge on any atom is 0.267 e. The molecule has 27 heavy (non-hydrogen) atoms. The fourth-order valence-electron chi connectivity index (χ4n) is 3.03. The number of anilines is 2. The highest BCUT2D eigenvalue weighted by Crippen LogP contribution is 2.34. The van der Waals surface area contributed by atoms with Crippen LogP contribution in [0.3, 0.4) is 0 Å². The van der Waals surface area contributed by atoms with Crippen LogP contribution in [0.15, 0.2) is 35.7 Å². The summed E-state index contributed by atoms with van der Waals surface area (Å²) < 4.78 is 0. The van der Waals surface area contributed by atoms with Crippen molar-refractivity contribution in [1.82, 2.24) is 10.2 Å². The molecule has 4 rings (SSSR count). The van der Waals surface area contributed by atoms with Gasteiger partial charge in [-0.2, -0.15) is 0 Å². The Bertz CT molecular complexity index is 997. The van der Waals surface area contributed by atoms with Crippen LogP contribution in [0.4, 0.5) is 10.8 Å². The lowest BCUT2D eigenvalue weighted by Gasteiger charge is -2.17. The van der Waals surface area contributed by atoms with Crippen LogP contribution in [0, 0.1) is 13.8 Å². The quantitative estimate of drug-likeness (QED) is 0.721. The predicted octanol–water partition coefficient (Wildman–Crippen LogP) is 3.99. The Hall–Kier alpha value is -2.58. The number of carbonyl (C=O) groups is 2. The van der Waals surface area contributed by atoms with Crippen LogP contribution >= 0.6 is 22.7 Å². The number of hydrogen-bond donors (Lipinski definition) is 1. The lowest BCUT2D eigenvalue weighted by Crippen LogP contribution is -2.24. The van der Waals surface area contributed by atoms with Gasteiger partial charge < -0.3 is 4.90 Å². The predicted molar refractivity (Wildman–Crippen MR) is 108 cm³/mol. The molecule has 1 aliphatic heterocycles. The number of benzene rings is 1. The number of nitrogens with one attached hydrogen (secondary N) is 1. The van der Waals surface area contributed by atoms with Crippen LogP contribution < -0.4 is 10.2 Å². The first-order valence-corrected chi connectivity index (χ1v) is 10.3. The molecule has 0 spiro atoms. The van der Waals surface area contributed by atoms with Gasteiger partial charge in [0.05, 0.1) is 4.88 Å². The summed E-state index contributed by atoms with van der Waals surface area (Å²) in [5.74, 6) is -0.112. The zero-order valence-corrected chi connectivity index (χ0v) is 16.6. The van der Waals surface area contributed by atoms with Gasteiger partial charge in [0.15, 0.2) is 0 Å². The molecule has 1 aliphatic rings. The van der Waals surface area contributed by atoms with Gasteiger partial charge in [-0.05, 0) is 48.6 Å². The highest BCUT2D eigenvalue weighted by Gasteiger charge is 2.34. The zero-order chi connectivity index (χ0) is 19.0. The normalized spacial score (nSPS) is 16.7. The van der Waals surface area contributed by atoms with E-state index in [-0.39, 0.29) is 17.7 Å². The zero-order valence-electron chi connectivity index (χ0n) is 14.9. The van der Waals surface area contributed by atoms with Gasteiger partial charge in [-0.1, -0.05) is 23.5 Å². The van der Waals surface area contributed by atoms with E-state index < -0.39 is 0 Å². The number of amides is 2. The van der Waals surface area contributed by atoms with Crippen LogP contribution in [-0.4, -0.2) is 28.6 Å². The Morgan fingerprint density at radius 1 is 1.22 bits per heavy atom. The molecular weight excluding hydrogens is 380 g/mol. The van der Waals surface area contributed by atoms with Crippen molar-refractivity contribution in [3.8, 4) is 0 Å². The lowest BCUT2D eigenvalue weighted by atomic mass is 10.1. The molecule has 6 nitrogen and oxygen atoms in total. The van der Waals surface area contributed by atoms with Crippen molar-refractivity contribution in [1.29, 1.82) is 0 Å². The lowest BCUT2D eigenvalue weighted by molar-refractivity contribution is -0.117. The van der Waals surface area contributed by atoms with Gasteiger partial charge >= 0.3 is 0 Å². The fraction of sp³-hybridized carbons (Fsp3) is 0.263. The Morgan fingerprint density at radius 3 is 2.81 bits per heavy atom. The average molecular weight is 399 g/mol. The van der Waals surface area contributed by atoms with Crippen molar-refractivity contribution < 1.29 is 9.59 Å². The molecule has 2 amide bonds. The van der Waals surface area contributed by atoms with Gasteiger partial charge in [0.25, 0.3) is 5.91 Å². The molecule has 1 saturated heterocycles. The summed E-state index contributed by atoms with van der Waals surface area (Å²) in [4.78, 5) is 27.1. The molecule has 138 valence electrons. The summed E-state index contributed by atoms with van der Waals surface area (Å²) in [6, 6.07) is 9.65. The number of aryl methyl sites for hydroxylation is 2. The second-order valence-corrected chi connectivity index (χ2v) is 8.51. The Kier molecular flexibility index (Phi) is 4.75. The van der Waals surface area contributed by atoms with E-state index in [1.807, 2.05) is 41.5 Å². The molecular formula is C19H18N4O2S2. The van der Waals surface area contributed by atoms with Gasteiger partial charge in [-0.25, -0.2) is 0 Å². The summed E-state index contributed by atoms with van der Waals surface area (Å²) >= 11 is 2.71. The number of nitrogens with zero attached hydrogens (tertiary/aromatic N) is 3. The third-order valence-electron chi connectivity index (χ3n) is 4.68. The van der Waals surface area contributed by atoms with E-state index in [0.29, 0.717) is 23.0 Å². The molecule has 3 aromatic rings. The third kappa shape index (κ3) is 3.63. The Morgan fingerprint density at radius 2 is 2.07 bits per heavy atom. The number of carbonyl (C=O) groups excluding carboxylic acids is 2. The van der Waals surface area contributed by atoms with Crippen molar-refractivity contribution in [2.45, 2.75) is 26.2 Å². The van der Waals surface area contributed by atoms with Crippen molar-refractivity contribution in [3.05, 3.63) is 56.7 Å². The Labute approximate surface area is 164 Å². The maximum absolute atomic E-state index is 12.5. The number of hydrogen-bond acceptors (Lipinski definition) is 6. The van der Waals surface area contributed by atoms with Gasteiger partial charge in [0, 0.05) is 24.6 Å². The van der Waals surface area contributed by atoms with Crippen LogP contribution in [0.2, 0.25) is 0 Å². The molecule has 0 bridgehead atoms. The van der Waals surface area contributed by atoms with E-state index in [1.165, 1.54) is 33.8 Å². The van der Waals surface area contributed by atoms with E-state index in [1.54, 1.807) is 6.07 Å². The highest BCUT2D eigenvalue weighted by molar-refractivity contribution is 7.15. The van der Waals surface area contributed by atoms with Crippen molar-refractivity contribution in [2.75, 3.05) is 16.8 Å². The van der Waals surface area contributed by atoms with E-state index in [4.69, 9.17) is 0 Å². The molecule has 1 fully saturated rings. The van der Waals surface area contributed by atoms with Crippen molar-refractivity contribution >= 4 is 45.3 Å². The van der Waals surface area contributed by atoms with E-state index in [0.717, 1.165) is 10.7 Å². The summed E-state index contributed by atoms with van der Waals surface area (Å²) in [5.41, 5.74) is 3.29. The molecule has 1 unspecified atom stereocenters. The monoisotopic (exact) mass is 398 g/mol. The number of thiophene rings is 1. The summed E-state index contributed by atoms with van der Waals surface area (Å²) in [5, 5.41) is 14.1. The fourth-order valence-corrected chi connectivity index (χ4v) is 4.48. The minimum Gasteiger partial charge on any atom is -0.312 e. The molecule has 0 aliphatic carbocycles. The van der Waals surface area contributed by atoms with Crippen LogP contribution in [0.1, 0.15) is 38.1 Å². The summed E-state index contributed by atoms with van der Waals surface area (Å²) in [7, 11) is 0. The number of aromatic nitrogens is 2. The largest absolute Gasteiger partial charge is 0.312 e. The highest BCUT2D eigenvalue weighted by atomic mass is 32.1. The van der Waals surface area contributed by atoms with Crippen molar-refractivity contribution in [3.63, 3.8) is 0 Å². The first-order valence-electron chi connectivity index (χ1n) is 8.57. The van der Waals surface area contributed by atoms with E-state index in [2.05, 4.69) is 22.4 Å². The minimum absolute atomic E-state index is 0.0102. The topological polar surface area (TPSA) is 75.2 Å². The average Bonchev–Trinajstić information content (AvgIpc) is 3.38. The van der Waals surface area contributed by atoms with Crippen molar-refractivity contribution in [2.24, 2.45) is 0 Å². The summed E-state index contributed by atoms with van der Waals surface area (Å²) in [6.07, 6.45) is 0.403. The molecule has 8 heteroatoms. The second-order valence-electron chi connectivity index (χ2n) is 6.55. The minimum atomic E-state index is -0.188. The van der Waals surface area contributed by atoms with E-state index in [9.17, 15) is 9.59 Å². The smallest absolute Gasteiger partial charge is 0.267 e. The first kappa shape index (κ1) is 17.8. The van der Waals surface area contributed by atoms with Gasteiger partial charge in [0.2, 0.25) is 11.0 Å². The van der Waals surface area contributed by atoms with Gasteiger partial charge in [-0.15, -0.1) is 21.5 Å².